The van der Waals surface area contributed by atoms with Gasteiger partial charge in [-0.3, -0.25) is 9.79 Å². The van der Waals surface area contributed by atoms with E-state index in [0.29, 0.717) is 37.6 Å². The molecule has 0 fully saturated rings. The van der Waals surface area contributed by atoms with Gasteiger partial charge in [-0.15, -0.1) is 0 Å². The van der Waals surface area contributed by atoms with Crippen molar-refractivity contribution in [3.63, 3.8) is 0 Å². The highest BCUT2D eigenvalue weighted by molar-refractivity contribution is 5.94. The summed E-state index contributed by atoms with van der Waals surface area (Å²) < 4.78 is 37.9. The molecule has 0 saturated heterocycles. The van der Waals surface area contributed by atoms with E-state index in [1.165, 1.54) is 12.1 Å². The number of carbonyl (C=O) groups excluding carboxylic acids is 1. The fraction of sp³-hybridized carbons (Fsp3) is 0.391. The molecule has 2 aromatic rings. The minimum atomic E-state index is -4.32. The lowest BCUT2D eigenvalue weighted by molar-refractivity contribution is -0.137. The molecule has 2 aromatic carbocycles. The number of halogens is 3. The van der Waals surface area contributed by atoms with Gasteiger partial charge in [0.15, 0.2) is 5.96 Å². The number of nitrogens with zero attached hydrogens (tertiary/aromatic N) is 2. The monoisotopic (exact) mass is 434 g/mol. The minimum absolute atomic E-state index is 0.0343. The number of guanidine groups is 1. The fourth-order valence-electron chi connectivity index (χ4n) is 2.94. The second-order valence-electron chi connectivity index (χ2n) is 7.28. The van der Waals surface area contributed by atoms with E-state index >= 15 is 0 Å². The standard InChI is InChI=1S/C23H29F3N4O/c1-4-27-22(28-14-12-17-8-10-20(11-9-17)23(24,25)26)29-15-13-18-6-5-7-19(16-18)21(31)30(2)3/h5-11,16H,4,12-15H2,1-3H3,(H2,27,28,29). The number of carbonyl (C=O) groups is 1. The zero-order valence-electron chi connectivity index (χ0n) is 18.1. The van der Waals surface area contributed by atoms with Gasteiger partial charge in [0.05, 0.1) is 5.56 Å². The summed E-state index contributed by atoms with van der Waals surface area (Å²) in [5, 5.41) is 6.41. The van der Waals surface area contributed by atoms with Crippen LogP contribution in [0.15, 0.2) is 53.5 Å². The van der Waals surface area contributed by atoms with E-state index in [0.717, 1.165) is 29.7 Å². The predicted octanol–water partition coefficient (Wildman–Crippen LogP) is 3.75. The second-order valence-corrected chi connectivity index (χ2v) is 7.28. The summed E-state index contributed by atoms with van der Waals surface area (Å²) in [6.45, 7) is 3.74. The molecule has 0 bridgehead atoms. The fourth-order valence-corrected chi connectivity index (χ4v) is 2.94. The van der Waals surface area contributed by atoms with Crippen LogP contribution in [0, 0.1) is 0 Å². The SMILES string of the molecule is CCNC(=NCCc1ccc(C(F)(F)F)cc1)NCCc1cccc(C(=O)N(C)C)c1. The third kappa shape index (κ3) is 7.96. The number of nitrogens with one attached hydrogen (secondary N) is 2. The number of amides is 1. The van der Waals surface area contributed by atoms with Crippen molar-refractivity contribution < 1.29 is 18.0 Å². The Morgan fingerprint density at radius 1 is 1.00 bits per heavy atom. The summed E-state index contributed by atoms with van der Waals surface area (Å²) in [7, 11) is 3.45. The molecule has 2 N–H and O–H groups in total. The van der Waals surface area contributed by atoms with Crippen molar-refractivity contribution in [2.45, 2.75) is 25.9 Å². The molecule has 5 nitrogen and oxygen atoms in total. The van der Waals surface area contributed by atoms with Crippen LogP contribution in [0.25, 0.3) is 0 Å². The van der Waals surface area contributed by atoms with E-state index in [-0.39, 0.29) is 5.91 Å². The zero-order valence-corrected chi connectivity index (χ0v) is 18.1. The maximum absolute atomic E-state index is 12.6. The van der Waals surface area contributed by atoms with Crippen LogP contribution in [0.3, 0.4) is 0 Å². The largest absolute Gasteiger partial charge is 0.416 e. The molecular weight excluding hydrogens is 405 g/mol. The van der Waals surface area contributed by atoms with Gasteiger partial charge in [-0.25, -0.2) is 0 Å². The molecule has 0 spiro atoms. The zero-order chi connectivity index (χ0) is 22.9. The first kappa shape index (κ1) is 24.2. The molecule has 8 heteroatoms. The molecule has 0 aliphatic carbocycles. The van der Waals surface area contributed by atoms with Crippen LogP contribution >= 0.6 is 0 Å². The molecule has 0 radical (unpaired) electrons. The van der Waals surface area contributed by atoms with Crippen LogP contribution in [0.4, 0.5) is 13.2 Å². The lowest BCUT2D eigenvalue weighted by atomic mass is 10.1. The highest BCUT2D eigenvalue weighted by atomic mass is 19.4. The molecule has 0 atom stereocenters. The van der Waals surface area contributed by atoms with Crippen molar-refractivity contribution in [2.75, 3.05) is 33.7 Å². The van der Waals surface area contributed by atoms with E-state index in [9.17, 15) is 18.0 Å². The van der Waals surface area contributed by atoms with Crippen molar-refractivity contribution in [3.05, 3.63) is 70.8 Å². The van der Waals surface area contributed by atoms with Crippen molar-refractivity contribution in [1.29, 1.82) is 0 Å². The van der Waals surface area contributed by atoms with Crippen molar-refractivity contribution in [1.82, 2.24) is 15.5 Å². The van der Waals surface area contributed by atoms with Gasteiger partial charge in [-0.1, -0.05) is 24.3 Å². The molecule has 1 amide bonds. The molecular formula is C23H29F3N4O. The third-order valence-corrected chi connectivity index (χ3v) is 4.58. The molecule has 0 unspecified atom stereocenters. The van der Waals surface area contributed by atoms with Gasteiger partial charge in [0.2, 0.25) is 0 Å². The van der Waals surface area contributed by atoms with E-state index in [4.69, 9.17) is 0 Å². The van der Waals surface area contributed by atoms with Gasteiger partial charge in [-0.05, 0) is 55.2 Å². The Kier molecular flexibility index (Phi) is 8.90. The quantitative estimate of drug-likeness (QED) is 0.492. The summed E-state index contributed by atoms with van der Waals surface area (Å²) in [5.41, 5.74) is 1.85. The lowest BCUT2D eigenvalue weighted by Crippen LogP contribution is -2.38. The first-order chi connectivity index (χ1) is 14.7. The maximum Gasteiger partial charge on any atom is 0.416 e. The number of aliphatic imine (C=N–C) groups is 1. The number of rotatable bonds is 8. The topological polar surface area (TPSA) is 56.7 Å². The highest BCUT2D eigenvalue weighted by Gasteiger charge is 2.29. The van der Waals surface area contributed by atoms with Crippen molar-refractivity contribution >= 4 is 11.9 Å². The second kappa shape index (κ2) is 11.4. The van der Waals surface area contributed by atoms with Crippen LogP contribution in [0.1, 0.15) is 34.0 Å². The Balaban J connectivity index is 1.88. The van der Waals surface area contributed by atoms with Crippen molar-refractivity contribution in [2.24, 2.45) is 4.99 Å². The first-order valence-corrected chi connectivity index (χ1v) is 10.2. The minimum Gasteiger partial charge on any atom is -0.357 e. The first-order valence-electron chi connectivity index (χ1n) is 10.2. The van der Waals surface area contributed by atoms with Gasteiger partial charge >= 0.3 is 6.18 Å². The van der Waals surface area contributed by atoms with E-state index in [2.05, 4.69) is 15.6 Å². The lowest BCUT2D eigenvalue weighted by Gasteiger charge is -2.13. The maximum atomic E-state index is 12.6. The van der Waals surface area contributed by atoms with Gasteiger partial charge < -0.3 is 15.5 Å². The Bertz CT molecular complexity index is 877. The molecule has 168 valence electrons. The number of hydrogen-bond acceptors (Lipinski definition) is 2. The number of hydrogen-bond donors (Lipinski definition) is 2. The molecule has 0 aliphatic rings. The molecule has 31 heavy (non-hydrogen) atoms. The average Bonchev–Trinajstić information content (AvgIpc) is 2.73. The van der Waals surface area contributed by atoms with E-state index < -0.39 is 11.7 Å². The normalized spacial score (nSPS) is 11.9. The van der Waals surface area contributed by atoms with Gasteiger partial charge in [0, 0.05) is 39.3 Å². The predicted molar refractivity (Wildman–Crippen MR) is 117 cm³/mol. The molecule has 0 aromatic heterocycles. The Morgan fingerprint density at radius 2 is 1.71 bits per heavy atom. The van der Waals surface area contributed by atoms with Crippen LogP contribution < -0.4 is 10.6 Å². The molecule has 2 rings (SSSR count). The molecule has 0 heterocycles. The smallest absolute Gasteiger partial charge is 0.357 e. The number of benzene rings is 2. The van der Waals surface area contributed by atoms with Gasteiger partial charge in [-0.2, -0.15) is 13.2 Å². The third-order valence-electron chi connectivity index (χ3n) is 4.58. The van der Waals surface area contributed by atoms with E-state index in [1.54, 1.807) is 25.1 Å². The average molecular weight is 435 g/mol. The summed E-state index contributed by atoms with van der Waals surface area (Å²) in [6.07, 6.45) is -3.06. The molecule has 0 aliphatic heterocycles. The summed E-state index contributed by atoms with van der Waals surface area (Å²) >= 11 is 0. The summed E-state index contributed by atoms with van der Waals surface area (Å²) in [4.78, 5) is 18.1. The van der Waals surface area contributed by atoms with Gasteiger partial charge in [0.25, 0.3) is 5.91 Å². The Morgan fingerprint density at radius 3 is 2.32 bits per heavy atom. The highest BCUT2D eigenvalue weighted by Crippen LogP contribution is 2.29. The van der Waals surface area contributed by atoms with Crippen LogP contribution in [-0.4, -0.2) is 50.5 Å². The van der Waals surface area contributed by atoms with E-state index in [1.807, 2.05) is 25.1 Å². The van der Waals surface area contributed by atoms with Gasteiger partial charge in [0.1, 0.15) is 0 Å². The Hall–Kier alpha value is -3.03. The summed E-state index contributed by atoms with van der Waals surface area (Å²) in [5.74, 6) is 0.614. The Labute approximate surface area is 181 Å². The van der Waals surface area contributed by atoms with Crippen molar-refractivity contribution in [3.8, 4) is 0 Å². The van der Waals surface area contributed by atoms with Crippen LogP contribution in [0.2, 0.25) is 0 Å². The van der Waals surface area contributed by atoms with Crippen LogP contribution in [-0.2, 0) is 19.0 Å². The molecule has 0 saturated carbocycles. The number of alkyl halides is 3. The van der Waals surface area contributed by atoms with Crippen LogP contribution in [0.5, 0.6) is 0 Å². The summed E-state index contributed by atoms with van der Waals surface area (Å²) in [6, 6.07) is 12.7.